The predicted molar refractivity (Wildman–Crippen MR) is 112 cm³/mol. The standard InChI is InChI=1S/C21H18N6OS/c1-15-8-10-16(11-9-15)24-20(28)19-18(14-29-21-22-12-5-13-23-21)27(26-25-19)17-6-3-2-4-7-17/h2-13H,14H2,1H3,(H,24,28). The quantitative estimate of drug-likeness (QED) is 0.389. The number of benzene rings is 2. The van der Waals surface area contributed by atoms with Gasteiger partial charge in [-0.2, -0.15) is 0 Å². The third-order valence-corrected chi connectivity index (χ3v) is 5.06. The Balaban J connectivity index is 1.64. The van der Waals surface area contributed by atoms with E-state index in [2.05, 4.69) is 25.6 Å². The maximum atomic E-state index is 12.9. The maximum absolute atomic E-state index is 12.9. The summed E-state index contributed by atoms with van der Waals surface area (Å²) < 4.78 is 1.68. The molecule has 0 aliphatic carbocycles. The molecule has 0 saturated heterocycles. The molecule has 1 amide bonds. The first kappa shape index (κ1) is 18.8. The molecule has 0 spiro atoms. The van der Waals surface area contributed by atoms with Gasteiger partial charge in [0.05, 0.1) is 11.4 Å². The maximum Gasteiger partial charge on any atom is 0.278 e. The van der Waals surface area contributed by atoms with Crippen molar-refractivity contribution in [1.29, 1.82) is 0 Å². The number of rotatable bonds is 6. The molecule has 4 aromatic rings. The summed E-state index contributed by atoms with van der Waals surface area (Å²) in [6.45, 7) is 2.00. The number of nitrogens with zero attached hydrogens (tertiary/aromatic N) is 5. The zero-order valence-corrected chi connectivity index (χ0v) is 16.5. The lowest BCUT2D eigenvalue weighted by atomic mass is 10.2. The van der Waals surface area contributed by atoms with Crippen LogP contribution in [0.3, 0.4) is 0 Å². The van der Waals surface area contributed by atoms with Gasteiger partial charge in [0, 0.05) is 23.8 Å². The van der Waals surface area contributed by atoms with Crippen LogP contribution < -0.4 is 5.32 Å². The van der Waals surface area contributed by atoms with Crippen LogP contribution in [-0.2, 0) is 5.75 Å². The van der Waals surface area contributed by atoms with Gasteiger partial charge >= 0.3 is 0 Å². The van der Waals surface area contributed by atoms with Gasteiger partial charge < -0.3 is 5.32 Å². The normalized spacial score (nSPS) is 10.7. The number of aromatic nitrogens is 5. The summed E-state index contributed by atoms with van der Waals surface area (Å²) >= 11 is 1.42. The predicted octanol–water partition coefficient (Wildman–Crippen LogP) is 3.91. The van der Waals surface area contributed by atoms with Crippen LogP contribution in [0.1, 0.15) is 21.7 Å². The highest BCUT2D eigenvalue weighted by Gasteiger charge is 2.21. The van der Waals surface area contributed by atoms with Crippen LogP contribution in [0.5, 0.6) is 0 Å². The number of aryl methyl sites for hydroxylation is 1. The van der Waals surface area contributed by atoms with Crippen LogP contribution in [0.2, 0.25) is 0 Å². The van der Waals surface area contributed by atoms with Crippen molar-refractivity contribution in [2.75, 3.05) is 5.32 Å². The number of hydrogen-bond donors (Lipinski definition) is 1. The van der Waals surface area contributed by atoms with E-state index in [0.29, 0.717) is 22.3 Å². The Kier molecular flexibility index (Phi) is 5.62. The van der Waals surface area contributed by atoms with Crippen LogP contribution in [0, 0.1) is 6.92 Å². The Morgan fingerprint density at radius 3 is 2.45 bits per heavy atom. The molecule has 0 radical (unpaired) electrons. The molecular formula is C21H18N6OS. The number of anilines is 1. The number of hydrogen-bond acceptors (Lipinski definition) is 6. The first-order valence-electron chi connectivity index (χ1n) is 8.98. The summed E-state index contributed by atoms with van der Waals surface area (Å²) in [6.07, 6.45) is 3.38. The van der Waals surface area contributed by atoms with E-state index in [1.807, 2.05) is 61.5 Å². The molecule has 0 atom stereocenters. The van der Waals surface area contributed by atoms with Crippen LogP contribution in [0.25, 0.3) is 5.69 Å². The monoisotopic (exact) mass is 402 g/mol. The lowest BCUT2D eigenvalue weighted by Crippen LogP contribution is -2.15. The van der Waals surface area contributed by atoms with Gasteiger partial charge in [-0.25, -0.2) is 14.6 Å². The number of nitrogens with one attached hydrogen (secondary N) is 1. The van der Waals surface area contributed by atoms with Gasteiger partial charge in [0.1, 0.15) is 0 Å². The molecule has 0 fully saturated rings. The second-order valence-corrected chi connectivity index (χ2v) is 7.21. The van der Waals surface area contributed by atoms with Crippen LogP contribution in [0.4, 0.5) is 5.69 Å². The van der Waals surface area contributed by atoms with Crippen molar-refractivity contribution in [2.24, 2.45) is 0 Å². The molecule has 0 saturated carbocycles. The van der Waals surface area contributed by atoms with Gasteiger partial charge in [-0.05, 0) is 37.3 Å². The van der Waals surface area contributed by atoms with Gasteiger partial charge in [0.2, 0.25) is 0 Å². The molecule has 0 unspecified atom stereocenters. The highest BCUT2D eigenvalue weighted by atomic mass is 32.2. The smallest absolute Gasteiger partial charge is 0.278 e. The van der Waals surface area contributed by atoms with E-state index >= 15 is 0 Å². The Morgan fingerprint density at radius 2 is 1.72 bits per heavy atom. The van der Waals surface area contributed by atoms with E-state index in [1.165, 1.54) is 11.8 Å². The molecule has 144 valence electrons. The minimum absolute atomic E-state index is 0.276. The van der Waals surface area contributed by atoms with Crippen LogP contribution in [-0.4, -0.2) is 30.9 Å². The fourth-order valence-electron chi connectivity index (χ4n) is 2.70. The fourth-order valence-corrected chi connectivity index (χ4v) is 3.50. The van der Waals surface area contributed by atoms with Crippen LogP contribution >= 0.6 is 11.8 Å². The lowest BCUT2D eigenvalue weighted by Gasteiger charge is -2.08. The molecule has 2 aromatic carbocycles. The Hall–Kier alpha value is -3.52. The second kappa shape index (κ2) is 8.66. The SMILES string of the molecule is Cc1ccc(NC(=O)c2nnn(-c3ccccc3)c2CSc2ncccn2)cc1. The number of carbonyl (C=O) groups excluding carboxylic acids is 1. The Bertz CT molecular complexity index is 1100. The third-order valence-electron chi connectivity index (χ3n) is 4.17. The minimum Gasteiger partial charge on any atom is -0.321 e. The van der Waals surface area contributed by atoms with Gasteiger partial charge in [-0.1, -0.05) is 52.9 Å². The van der Waals surface area contributed by atoms with E-state index < -0.39 is 0 Å². The molecule has 29 heavy (non-hydrogen) atoms. The molecule has 7 nitrogen and oxygen atoms in total. The lowest BCUT2D eigenvalue weighted by molar-refractivity contribution is 0.102. The largest absolute Gasteiger partial charge is 0.321 e. The van der Waals surface area contributed by atoms with Crippen molar-refractivity contribution < 1.29 is 4.79 Å². The highest BCUT2D eigenvalue weighted by molar-refractivity contribution is 7.98. The van der Waals surface area contributed by atoms with E-state index in [4.69, 9.17) is 0 Å². The first-order chi connectivity index (χ1) is 14.2. The fraction of sp³-hybridized carbons (Fsp3) is 0.0952. The zero-order chi connectivity index (χ0) is 20.1. The number of carbonyl (C=O) groups is 1. The van der Waals surface area contributed by atoms with Gasteiger partial charge in [0.15, 0.2) is 10.9 Å². The Labute approximate surface area is 172 Å². The van der Waals surface area contributed by atoms with E-state index in [0.717, 1.165) is 11.3 Å². The number of amides is 1. The molecule has 0 aliphatic heterocycles. The van der Waals surface area contributed by atoms with Crippen molar-refractivity contribution in [3.8, 4) is 5.69 Å². The molecule has 2 aromatic heterocycles. The molecule has 0 aliphatic rings. The summed E-state index contributed by atoms with van der Waals surface area (Å²) in [5.74, 6) is 0.142. The zero-order valence-electron chi connectivity index (χ0n) is 15.7. The van der Waals surface area contributed by atoms with Crippen molar-refractivity contribution in [3.05, 3.63) is 90.0 Å². The molecular weight excluding hydrogens is 384 g/mol. The third kappa shape index (κ3) is 4.49. The van der Waals surface area contributed by atoms with Gasteiger partial charge in [-0.15, -0.1) is 5.10 Å². The molecule has 0 bridgehead atoms. The topological polar surface area (TPSA) is 85.6 Å². The molecule has 2 heterocycles. The summed E-state index contributed by atoms with van der Waals surface area (Å²) in [7, 11) is 0. The van der Waals surface area contributed by atoms with Gasteiger partial charge in [0.25, 0.3) is 5.91 Å². The average Bonchev–Trinajstić information content (AvgIpc) is 3.19. The summed E-state index contributed by atoms with van der Waals surface area (Å²) in [4.78, 5) is 21.4. The van der Waals surface area contributed by atoms with E-state index in [9.17, 15) is 4.79 Å². The first-order valence-corrected chi connectivity index (χ1v) is 9.97. The highest BCUT2D eigenvalue weighted by Crippen LogP contribution is 2.23. The summed E-state index contributed by atoms with van der Waals surface area (Å²) in [5.41, 5.74) is 3.62. The van der Waals surface area contributed by atoms with Crippen molar-refractivity contribution in [2.45, 2.75) is 17.8 Å². The molecule has 4 rings (SSSR count). The number of para-hydroxylation sites is 1. The molecule has 1 N–H and O–H groups in total. The Morgan fingerprint density at radius 1 is 1.00 bits per heavy atom. The van der Waals surface area contributed by atoms with Crippen molar-refractivity contribution in [1.82, 2.24) is 25.0 Å². The second-order valence-electron chi connectivity index (χ2n) is 6.27. The van der Waals surface area contributed by atoms with Crippen molar-refractivity contribution in [3.63, 3.8) is 0 Å². The summed E-state index contributed by atoms with van der Waals surface area (Å²) in [5, 5.41) is 11.9. The van der Waals surface area contributed by atoms with Crippen LogP contribution in [0.15, 0.2) is 78.2 Å². The number of thioether (sulfide) groups is 1. The van der Waals surface area contributed by atoms with Crippen molar-refractivity contribution >= 4 is 23.4 Å². The molecule has 8 heteroatoms. The average molecular weight is 402 g/mol. The van der Waals surface area contributed by atoms with Gasteiger partial charge in [-0.3, -0.25) is 4.79 Å². The van der Waals surface area contributed by atoms with E-state index in [1.54, 1.807) is 23.1 Å². The van der Waals surface area contributed by atoms with E-state index in [-0.39, 0.29) is 11.6 Å². The summed E-state index contributed by atoms with van der Waals surface area (Å²) in [6, 6.07) is 19.0. The minimum atomic E-state index is -0.305.